The van der Waals surface area contributed by atoms with Crippen molar-refractivity contribution in [2.75, 3.05) is 38.3 Å². The summed E-state index contributed by atoms with van der Waals surface area (Å²) in [5.41, 5.74) is 3.26. The molecular weight excluding hydrogens is 278 g/mol. The summed E-state index contributed by atoms with van der Waals surface area (Å²) in [4.78, 5) is 11.3. The average molecular weight is 299 g/mol. The molecule has 22 heavy (non-hydrogen) atoms. The Bertz CT molecular complexity index is 640. The van der Waals surface area contributed by atoms with Crippen LogP contribution in [0.3, 0.4) is 0 Å². The molecule has 2 aromatic rings. The molecule has 0 saturated carbocycles. The normalized spacial score (nSPS) is 14.9. The molecule has 2 aromatic heterocycles. The van der Waals surface area contributed by atoms with E-state index in [1.807, 2.05) is 12.1 Å². The number of hydrogen-bond acceptors (Lipinski definition) is 5. The molecule has 0 amide bonds. The van der Waals surface area contributed by atoms with E-state index in [4.69, 9.17) is 14.5 Å². The molecule has 0 aromatic carbocycles. The molecule has 0 unspecified atom stereocenters. The largest absolute Gasteiger partial charge is 0.481 e. The smallest absolute Gasteiger partial charge is 0.213 e. The molecule has 116 valence electrons. The Balaban J connectivity index is 1.99. The maximum atomic E-state index is 5.43. The quantitative estimate of drug-likeness (QED) is 0.868. The van der Waals surface area contributed by atoms with Crippen molar-refractivity contribution in [1.82, 2.24) is 9.97 Å². The average Bonchev–Trinajstić information content (AvgIpc) is 2.62. The molecule has 3 rings (SSSR count). The van der Waals surface area contributed by atoms with Gasteiger partial charge in [0.2, 0.25) is 5.88 Å². The Hall–Kier alpha value is -2.14. The van der Waals surface area contributed by atoms with Crippen LogP contribution in [0.5, 0.6) is 5.88 Å². The number of hydrogen-bond donors (Lipinski definition) is 0. The molecule has 5 heteroatoms. The molecule has 3 heterocycles. The van der Waals surface area contributed by atoms with Crippen molar-refractivity contribution in [3.8, 4) is 17.1 Å². The van der Waals surface area contributed by atoms with Gasteiger partial charge in [-0.15, -0.1) is 0 Å². The zero-order valence-corrected chi connectivity index (χ0v) is 13.1. The van der Waals surface area contributed by atoms with Gasteiger partial charge in [-0.25, -0.2) is 9.97 Å². The number of pyridine rings is 2. The predicted molar refractivity (Wildman–Crippen MR) is 86.4 cm³/mol. The minimum atomic E-state index is 0.606. The summed E-state index contributed by atoms with van der Waals surface area (Å²) < 4.78 is 10.6. The van der Waals surface area contributed by atoms with E-state index in [1.54, 1.807) is 13.3 Å². The van der Waals surface area contributed by atoms with Gasteiger partial charge in [-0.1, -0.05) is 6.92 Å². The molecule has 0 atom stereocenters. The van der Waals surface area contributed by atoms with Gasteiger partial charge in [0.05, 0.1) is 26.0 Å². The summed E-state index contributed by atoms with van der Waals surface area (Å²) in [5.74, 6) is 1.63. The summed E-state index contributed by atoms with van der Waals surface area (Å²) in [6, 6.07) is 8.20. The minimum Gasteiger partial charge on any atom is -0.481 e. The molecule has 1 saturated heterocycles. The maximum Gasteiger partial charge on any atom is 0.213 e. The van der Waals surface area contributed by atoms with Gasteiger partial charge in [-0.2, -0.15) is 0 Å². The Morgan fingerprint density at radius 3 is 2.77 bits per heavy atom. The lowest BCUT2D eigenvalue weighted by Gasteiger charge is -2.28. The van der Waals surface area contributed by atoms with E-state index in [0.29, 0.717) is 5.88 Å². The van der Waals surface area contributed by atoms with Crippen molar-refractivity contribution >= 4 is 5.82 Å². The van der Waals surface area contributed by atoms with Gasteiger partial charge in [-0.3, -0.25) is 0 Å². The standard InChI is InChI=1S/C17H21N3O2/c1-3-13-10-15(14-4-5-18-17(12-14)21-2)19-16(11-13)20-6-8-22-9-7-20/h4-5,10-12H,3,6-9H2,1-2H3. The van der Waals surface area contributed by atoms with Crippen molar-refractivity contribution in [2.45, 2.75) is 13.3 Å². The van der Waals surface area contributed by atoms with Gasteiger partial charge in [0.15, 0.2) is 0 Å². The van der Waals surface area contributed by atoms with Crippen LogP contribution < -0.4 is 9.64 Å². The molecule has 5 nitrogen and oxygen atoms in total. The fourth-order valence-electron chi connectivity index (χ4n) is 2.56. The molecule has 1 aliphatic heterocycles. The molecule has 0 spiro atoms. The fourth-order valence-corrected chi connectivity index (χ4v) is 2.56. The van der Waals surface area contributed by atoms with Gasteiger partial charge < -0.3 is 14.4 Å². The first-order chi connectivity index (χ1) is 10.8. The number of ether oxygens (including phenoxy) is 2. The Morgan fingerprint density at radius 1 is 1.23 bits per heavy atom. The van der Waals surface area contributed by atoms with Crippen LogP contribution in [0.4, 0.5) is 5.82 Å². The van der Waals surface area contributed by atoms with Crippen LogP contribution in [0.2, 0.25) is 0 Å². The van der Waals surface area contributed by atoms with Gasteiger partial charge >= 0.3 is 0 Å². The molecule has 0 radical (unpaired) electrons. The molecular formula is C17H21N3O2. The van der Waals surface area contributed by atoms with Crippen LogP contribution in [0.15, 0.2) is 30.5 Å². The summed E-state index contributed by atoms with van der Waals surface area (Å²) in [5, 5.41) is 0. The van der Waals surface area contributed by atoms with Gasteiger partial charge in [0, 0.05) is 30.9 Å². The van der Waals surface area contributed by atoms with E-state index < -0.39 is 0 Å². The molecule has 0 aliphatic carbocycles. The van der Waals surface area contributed by atoms with Crippen molar-refractivity contribution in [3.05, 3.63) is 36.0 Å². The molecule has 0 bridgehead atoms. The number of aryl methyl sites for hydroxylation is 1. The highest BCUT2D eigenvalue weighted by molar-refractivity contribution is 5.63. The van der Waals surface area contributed by atoms with Crippen molar-refractivity contribution in [2.24, 2.45) is 0 Å². The summed E-state index contributed by atoms with van der Waals surface area (Å²) in [6.07, 6.45) is 2.73. The number of anilines is 1. The summed E-state index contributed by atoms with van der Waals surface area (Å²) >= 11 is 0. The Labute approximate surface area is 130 Å². The van der Waals surface area contributed by atoms with Crippen LogP contribution in [0, 0.1) is 0 Å². The fraction of sp³-hybridized carbons (Fsp3) is 0.412. The summed E-state index contributed by atoms with van der Waals surface area (Å²) in [7, 11) is 1.63. The second-order valence-corrected chi connectivity index (χ2v) is 5.26. The van der Waals surface area contributed by atoms with E-state index in [1.165, 1.54) is 5.56 Å². The second-order valence-electron chi connectivity index (χ2n) is 5.26. The first kappa shape index (κ1) is 14.8. The molecule has 0 N–H and O–H groups in total. The topological polar surface area (TPSA) is 47.5 Å². The van der Waals surface area contributed by atoms with E-state index in [9.17, 15) is 0 Å². The van der Waals surface area contributed by atoms with Crippen LogP contribution in [-0.2, 0) is 11.2 Å². The monoisotopic (exact) mass is 299 g/mol. The highest BCUT2D eigenvalue weighted by atomic mass is 16.5. The van der Waals surface area contributed by atoms with Crippen LogP contribution in [-0.4, -0.2) is 43.4 Å². The SMILES string of the molecule is CCc1cc(-c2ccnc(OC)c2)nc(N2CCOCC2)c1. The first-order valence-corrected chi connectivity index (χ1v) is 7.64. The third-order valence-electron chi connectivity index (χ3n) is 3.85. The lowest BCUT2D eigenvalue weighted by atomic mass is 10.1. The van der Waals surface area contributed by atoms with Crippen molar-refractivity contribution < 1.29 is 9.47 Å². The van der Waals surface area contributed by atoms with E-state index in [0.717, 1.165) is 49.8 Å². The summed E-state index contributed by atoms with van der Waals surface area (Å²) in [6.45, 7) is 5.46. The minimum absolute atomic E-state index is 0.606. The van der Waals surface area contributed by atoms with Gasteiger partial charge in [0.1, 0.15) is 5.82 Å². The number of nitrogens with zero attached hydrogens (tertiary/aromatic N) is 3. The van der Waals surface area contributed by atoms with E-state index >= 15 is 0 Å². The first-order valence-electron chi connectivity index (χ1n) is 7.64. The van der Waals surface area contributed by atoms with Gasteiger partial charge in [-0.05, 0) is 30.2 Å². The van der Waals surface area contributed by atoms with E-state index in [-0.39, 0.29) is 0 Å². The lowest BCUT2D eigenvalue weighted by Crippen LogP contribution is -2.36. The van der Waals surface area contributed by atoms with E-state index in [2.05, 4.69) is 28.9 Å². The third-order valence-corrected chi connectivity index (χ3v) is 3.85. The highest BCUT2D eigenvalue weighted by Crippen LogP contribution is 2.25. The highest BCUT2D eigenvalue weighted by Gasteiger charge is 2.14. The van der Waals surface area contributed by atoms with Crippen molar-refractivity contribution in [1.29, 1.82) is 0 Å². The van der Waals surface area contributed by atoms with Gasteiger partial charge in [0.25, 0.3) is 0 Å². The number of methoxy groups -OCH3 is 1. The Kier molecular flexibility index (Phi) is 4.53. The number of aromatic nitrogens is 2. The zero-order chi connectivity index (χ0) is 15.4. The Morgan fingerprint density at radius 2 is 2.05 bits per heavy atom. The molecule has 1 aliphatic rings. The number of morpholine rings is 1. The van der Waals surface area contributed by atoms with Crippen LogP contribution in [0.1, 0.15) is 12.5 Å². The molecule has 1 fully saturated rings. The second kappa shape index (κ2) is 6.75. The lowest BCUT2D eigenvalue weighted by molar-refractivity contribution is 0.122. The maximum absolute atomic E-state index is 5.43. The third kappa shape index (κ3) is 3.20. The number of rotatable bonds is 4. The van der Waals surface area contributed by atoms with Crippen molar-refractivity contribution in [3.63, 3.8) is 0 Å². The van der Waals surface area contributed by atoms with Crippen LogP contribution in [0.25, 0.3) is 11.3 Å². The zero-order valence-electron chi connectivity index (χ0n) is 13.1. The predicted octanol–water partition coefficient (Wildman–Crippen LogP) is 2.55. The van der Waals surface area contributed by atoms with Crippen LogP contribution >= 0.6 is 0 Å².